The number of benzene rings is 2. The normalized spacial score (nSPS) is 16.7. The van der Waals surface area contributed by atoms with Crippen LogP contribution in [0.15, 0.2) is 53.4 Å². The predicted octanol–water partition coefficient (Wildman–Crippen LogP) is 1.47. The van der Waals surface area contributed by atoms with Crippen LogP contribution in [0.3, 0.4) is 0 Å². The largest absolute Gasteiger partial charge is 0.336 e. The smallest absolute Gasteiger partial charge is 0.251 e. The van der Waals surface area contributed by atoms with E-state index in [1.165, 1.54) is 42.3 Å². The van der Waals surface area contributed by atoms with E-state index in [0.717, 1.165) is 5.56 Å². The van der Waals surface area contributed by atoms with Gasteiger partial charge in [-0.05, 0) is 48.5 Å². The molecule has 0 radical (unpaired) electrons. The zero-order valence-corrected chi connectivity index (χ0v) is 18.2. The van der Waals surface area contributed by atoms with E-state index in [2.05, 4.69) is 5.32 Å². The number of sulfonamides is 1. The van der Waals surface area contributed by atoms with Gasteiger partial charge in [-0.25, -0.2) is 17.9 Å². The highest BCUT2D eigenvalue weighted by molar-refractivity contribution is 7.89. The van der Waals surface area contributed by atoms with Crippen LogP contribution in [0, 0.1) is 5.82 Å². The number of amides is 2. The van der Waals surface area contributed by atoms with E-state index in [-0.39, 0.29) is 28.0 Å². The summed E-state index contributed by atoms with van der Waals surface area (Å²) in [6.07, 6.45) is 0.263. The van der Waals surface area contributed by atoms with E-state index in [1.54, 1.807) is 23.1 Å². The molecular formula is C20H21FN4O4S2. The number of halogens is 1. The highest BCUT2D eigenvalue weighted by atomic mass is 32.2. The first-order chi connectivity index (χ1) is 14.6. The second kappa shape index (κ2) is 9.08. The van der Waals surface area contributed by atoms with Crippen molar-refractivity contribution in [3.8, 4) is 0 Å². The van der Waals surface area contributed by atoms with Gasteiger partial charge >= 0.3 is 0 Å². The number of nitrogens with zero attached hydrogens (tertiary/aromatic N) is 2. The second-order valence-corrected chi connectivity index (χ2v) is 8.99. The van der Waals surface area contributed by atoms with E-state index in [0.29, 0.717) is 13.0 Å². The van der Waals surface area contributed by atoms with Gasteiger partial charge in [0.25, 0.3) is 5.91 Å². The zero-order valence-electron chi connectivity index (χ0n) is 16.6. The lowest BCUT2D eigenvalue weighted by Crippen LogP contribution is -2.39. The molecule has 1 aliphatic heterocycles. The first-order valence-electron chi connectivity index (χ1n) is 9.32. The number of primary sulfonamides is 1. The Labute approximate surface area is 184 Å². The van der Waals surface area contributed by atoms with Crippen LogP contribution >= 0.6 is 12.2 Å². The van der Waals surface area contributed by atoms with Crippen LogP contribution in [-0.2, 0) is 26.0 Å². The second-order valence-electron chi connectivity index (χ2n) is 7.06. The molecule has 0 saturated carbocycles. The highest BCUT2D eigenvalue weighted by Gasteiger charge is 2.41. The molecule has 8 nitrogen and oxygen atoms in total. The van der Waals surface area contributed by atoms with Crippen LogP contribution in [0.4, 0.5) is 10.1 Å². The lowest BCUT2D eigenvalue weighted by molar-refractivity contribution is -0.130. The number of para-hydroxylation sites is 1. The van der Waals surface area contributed by atoms with E-state index in [4.69, 9.17) is 17.4 Å². The van der Waals surface area contributed by atoms with Gasteiger partial charge in [0.1, 0.15) is 11.9 Å². The summed E-state index contributed by atoms with van der Waals surface area (Å²) in [4.78, 5) is 28.0. The van der Waals surface area contributed by atoms with Crippen LogP contribution in [0.5, 0.6) is 0 Å². The van der Waals surface area contributed by atoms with Crippen molar-refractivity contribution in [2.75, 3.05) is 18.9 Å². The summed E-state index contributed by atoms with van der Waals surface area (Å²) in [5.74, 6) is -1.40. The molecule has 2 aromatic carbocycles. The van der Waals surface area contributed by atoms with Crippen LogP contribution in [0.25, 0.3) is 0 Å². The average molecular weight is 465 g/mol. The number of anilines is 1. The molecule has 1 fully saturated rings. The highest BCUT2D eigenvalue weighted by Crippen LogP contribution is 2.22. The number of likely N-dealkylation sites (N-methyl/N-ethyl adjacent to an activating group) is 1. The number of hydrogen-bond acceptors (Lipinski definition) is 5. The Kier molecular flexibility index (Phi) is 6.68. The monoisotopic (exact) mass is 464 g/mol. The van der Waals surface area contributed by atoms with E-state index < -0.39 is 27.8 Å². The Bertz CT molecular complexity index is 1120. The van der Waals surface area contributed by atoms with Crippen LogP contribution in [0.1, 0.15) is 12.0 Å². The molecule has 0 aliphatic carbocycles. The van der Waals surface area contributed by atoms with Crippen molar-refractivity contribution in [3.63, 3.8) is 0 Å². The first-order valence-corrected chi connectivity index (χ1v) is 11.3. The number of nitrogens with two attached hydrogens (primary N) is 1. The molecule has 0 aromatic heterocycles. The van der Waals surface area contributed by atoms with Crippen molar-refractivity contribution >= 4 is 44.9 Å². The molecule has 2 amide bonds. The maximum atomic E-state index is 13.8. The molecule has 0 spiro atoms. The third kappa shape index (κ3) is 5.24. The van der Waals surface area contributed by atoms with E-state index in [1.807, 2.05) is 0 Å². The zero-order chi connectivity index (χ0) is 22.8. The van der Waals surface area contributed by atoms with Gasteiger partial charge in [-0.3, -0.25) is 14.5 Å². The topological polar surface area (TPSA) is 113 Å². The minimum atomic E-state index is -3.78. The van der Waals surface area contributed by atoms with Gasteiger partial charge in [-0.15, -0.1) is 0 Å². The molecule has 3 N–H and O–H groups in total. The molecule has 1 aliphatic rings. The Morgan fingerprint density at radius 2 is 1.84 bits per heavy atom. The van der Waals surface area contributed by atoms with Crippen molar-refractivity contribution in [1.82, 2.24) is 9.80 Å². The maximum absolute atomic E-state index is 13.8. The van der Waals surface area contributed by atoms with Gasteiger partial charge in [0.05, 0.1) is 17.0 Å². The van der Waals surface area contributed by atoms with Gasteiger partial charge in [0.2, 0.25) is 15.9 Å². The van der Waals surface area contributed by atoms with Crippen LogP contribution in [-0.4, -0.2) is 54.8 Å². The van der Waals surface area contributed by atoms with Crippen molar-refractivity contribution < 1.29 is 22.4 Å². The molecule has 11 heteroatoms. The molecule has 31 heavy (non-hydrogen) atoms. The molecule has 3 rings (SSSR count). The number of hydrogen-bond donors (Lipinski definition) is 2. The summed E-state index contributed by atoms with van der Waals surface area (Å²) in [5, 5.41) is 7.87. The summed E-state index contributed by atoms with van der Waals surface area (Å²) < 4.78 is 36.5. The number of nitrogens with one attached hydrogen (secondary N) is 1. The summed E-state index contributed by atoms with van der Waals surface area (Å²) in [6.45, 7) is 0.335. The van der Waals surface area contributed by atoms with Crippen molar-refractivity contribution in [3.05, 3.63) is 59.9 Å². The summed E-state index contributed by atoms with van der Waals surface area (Å²) in [6, 6.07) is 11.0. The van der Waals surface area contributed by atoms with Gasteiger partial charge in [-0.1, -0.05) is 24.3 Å². The lowest BCUT2D eigenvalue weighted by atomic mass is 10.1. The van der Waals surface area contributed by atoms with Crippen molar-refractivity contribution in [2.24, 2.45) is 5.14 Å². The quantitative estimate of drug-likeness (QED) is 0.600. The van der Waals surface area contributed by atoms with Gasteiger partial charge in [0, 0.05) is 13.6 Å². The third-order valence-corrected chi connectivity index (χ3v) is 6.38. The van der Waals surface area contributed by atoms with Gasteiger partial charge in [-0.2, -0.15) is 0 Å². The SMILES string of the molecule is CN1C(=O)C(CC(=O)Nc2ccccc2F)N(CCc2ccc(S(N)(=O)=O)cc2)C1=S. The van der Waals surface area contributed by atoms with Crippen LogP contribution < -0.4 is 10.5 Å². The molecule has 1 heterocycles. The minimum Gasteiger partial charge on any atom is -0.336 e. The van der Waals surface area contributed by atoms with Gasteiger partial charge in [0.15, 0.2) is 5.11 Å². The van der Waals surface area contributed by atoms with Crippen molar-refractivity contribution in [1.29, 1.82) is 0 Å². The number of carbonyl (C=O) groups excluding carboxylic acids is 2. The Hall–Kier alpha value is -2.89. The van der Waals surface area contributed by atoms with E-state index >= 15 is 0 Å². The summed E-state index contributed by atoms with van der Waals surface area (Å²) in [7, 11) is -2.24. The number of carbonyl (C=O) groups is 2. The molecule has 164 valence electrons. The Morgan fingerprint density at radius 3 is 2.45 bits per heavy atom. The first kappa shape index (κ1) is 22.8. The van der Waals surface area contributed by atoms with E-state index in [9.17, 15) is 22.4 Å². The molecular weight excluding hydrogens is 443 g/mol. The molecule has 1 unspecified atom stereocenters. The molecule has 2 aromatic rings. The summed E-state index contributed by atoms with van der Waals surface area (Å²) in [5.41, 5.74) is 0.849. The number of rotatable bonds is 7. The molecule has 1 atom stereocenters. The fourth-order valence-electron chi connectivity index (χ4n) is 3.26. The number of thiocarbonyl (C=S) groups is 1. The third-order valence-electron chi connectivity index (χ3n) is 4.94. The lowest BCUT2D eigenvalue weighted by Gasteiger charge is -2.23. The van der Waals surface area contributed by atoms with Gasteiger partial charge < -0.3 is 10.2 Å². The standard InChI is InChI=1S/C20H21FN4O4S2/c1-24-19(27)17(12-18(26)23-16-5-3-2-4-15(16)21)25(20(24)30)11-10-13-6-8-14(9-7-13)31(22,28)29/h2-9,17H,10-12H2,1H3,(H,23,26)(H2,22,28,29). The van der Waals surface area contributed by atoms with Crippen LogP contribution in [0.2, 0.25) is 0 Å². The molecule has 1 saturated heterocycles. The summed E-state index contributed by atoms with van der Waals surface area (Å²) >= 11 is 5.35. The van der Waals surface area contributed by atoms with Crippen molar-refractivity contribution in [2.45, 2.75) is 23.8 Å². The fourth-order valence-corrected chi connectivity index (χ4v) is 4.08. The molecule has 0 bridgehead atoms. The Morgan fingerprint density at radius 1 is 1.19 bits per heavy atom. The average Bonchev–Trinajstić information content (AvgIpc) is 2.91. The predicted molar refractivity (Wildman–Crippen MR) is 117 cm³/mol. The Balaban J connectivity index is 1.69. The maximum Gasteiger partial charge on any atom is 0.251 e. The minimum absolute atomic E-state index is 0.00514. The fraction of sp³-hybridized carbons (Fsp3) is 0.250.